The van der Waals surface area contributed by atoms with Crippen molar-refractivity contribution >= 4 is 0 Å². The minimum atomic E-state index is -0.977. The molecule has 0 bridgehead atoms. The van der Waals surface area contributed by atoms with Gasteiger partial charge >= 0.3 is 0 Å². The van der Waals surface area contributed by atoms with Gasteiger partial charge in [0.2, 0.25) is 0 Å². The largest absolute Gasteiger partial charge is 0.489 e. The van der Waals surface area contributed by atoms with E-state index in [1.54, 1.807) is 12.1 Å². The molecule has 1 fully saturated rings. The second kappa shape index (κ2) is 3.35. The maximum Gasteiger partial charge on any atom is 0.197 e. The van der Waals surface area contributed by atoms with Gasteiger partial charge in [-0.2, -0.15) is 0 Å². The van der Waals surface area contributed by atoms with E-state index < -0.39 is 11.4 Å². The molecule has 1 N–H and O–H groups in total. The summed E-state index contributed by atoms with van der Waals surface area (Å²) >= 11 is 0. The molecule has 0 atom stereocenters. The average Bonchev–Trinajstić information content (AvgIpc) is 3.02. The van der Waals surface area contributed by atoms with Crippen LogP contribution in [0.2, 0.25) is 0 Å². The minimum Gasteiger partial charge on any atom is -0.489 e. The van der Waals surface area contributed by atoms with Crippen LogP contribution in [0.1, 0.15) is 24.8 Å². The summed E-state index contributed by atoms with van der Waals surface area (Å²) in [6.45, 7) is 0.988. The van der Waals surface area contributed by atoms with Crippen LogP contribution in [0.5, 0.6) is 11.5 Å². The lowest BCUT2D eigenvalue weighted by atomic mass is 10.1. The van der Waals surface area contributed by atoms with E-state index in [9.17, 15) is 9.50 Å². The van der Waals surface area contributed by atoms with Crippen molar-refractivity contribution in [1.29, 1.82) is 0 Å². The van der Waals surface area contributed by atoms with Crippen LogP contribution in [-0.2, 0) is 5.60 Å². The molecule has 1 aliphatic carbocycles. The molecule has 3 nitrogen and oxygen atoms in total. The summed E-state index contributed by atoms with van der Waals surface area (Å²) < 4.78 is 24.8. The summed E-state index contributed by atoms with van der Waals surface area (Å²) in [5.41, 5.74) is -0.647. The Hall–Kier alpha value is -1.29. The zero-order valence-corrected chi connectivity index (χ0v) is 8.83. The van der Waals surface area contributed by atoms with E-state index in [0.29, 0.717) is 37.4 Å². The fourth-order valence-electron chi connectivity index (χ4n) is 1.95. The van der Waals surface area contributed by atoms with Crippen LogP contribution in [0.15, 0.2) is 12.1 Å². The quantitative estimate of drug-likeness (QED) is 0.792. The van der Waals surface area contributed by atoms with Gasteiger partial charge in [0.25, 0.3) is 0 Å². The molecule has 4 heteroatoms. The monoisotopic (exact) mass is 224 g/mol. The first-order valence-corrected chi connectivity index (χ1v) is 5.52. The summed E-state index contributed by atoms with van der Waals surface area (Å²) in [5, 5.41) is 9.92. The number of aliphatic hydroxyl groups is 1. The van der Waals surface area contributed by atoms with E-state index in [0.717, 1.165) is 6.42 Å². The van der Waals surface area contributed by atoms with Crippen molar-refractivity contribution in [3.05, 3.63) is 23.5 Å². The smallest absolute Gasteiger partial charge is 0.197 e. The highest BCUT2D eigenvalue weighted by Gasteiger charge is 2.45. The predicted octanol–water partition coefficient (Wildman–Crippen LogP) is 1.97. The van der Waals surface area contributed by atoms with Crippen molar-refractivity contribution in [2.45, 2.75) is 24.9 Å². The summed E-state index contributed by atoms with van der Waals surface area (Å²) in [7, 11) is 0. The molecule has 2 aliphatic rings. The maximum absolute atomic E-state index is 14.1. The first-order chi connectivity index (χ1) is 7.71. The van der Waals surface area contributed by atoms with Crippen molar-refractivity contribution in [2.24, 2.45) is 0 Å². The van der Waals surface area contributed by atoms with Crippen molar-refractivity contribution in [3.8, 4) is 11.5 Å². The van der Waals surface area contributed by atoms with Crippen LogP contribution in [0.4, 0.5) is 4.39 Å². The van der Waals surface area contributed by atoms with Crippen molar-refractivity contribution in [3.63, 3.8) is 0 Å². The summed E-state index contributed by atoms with van der Waals surface area (Å²) in [6.07, 6.45) is 1.97. The van der Waals surface area contributed by atoms with E-state index in [-0.39, 0.29) is 5.75 Å². The molecule has 0 spiro atoms. The molecule has 1 aliphatic heterocycles. The lowest BCUT2D eigenvalue weighted by Crippen LogP contribution is -2.09. The van der Waals surface area contributed by atoms with Gasteiger partial charge < -0.3 is 14.6 Å². The zero-order valence-electron chi connectivity index (χ0n) is 8.83. The number of fused-ring (bicyclic) bond motifs is 1. The first-order valence-electron chi connectivity index (χ1n) is 5.52. The number of rotatable bonds is 1. The first kappa shape index (κ1) is 9.90. The number of benzene rings is 1. The summed E-state index contributed by atoms with van der Waals surface area (Å²) in [4.78, 5) is 0. The molecule has 1 heterocycles. The van der Waals surface area contributed by atoms with Crippen LogP contribution in [-0.4, -0.2) is 18.3 Å². The minimum absolute atomic E-state index is 0.148. The predicted molar refractivity (Wildman–Crippen MR) is 55.1 cm³/mol. The van der Waals surface area contributed by atoms with Crippen LogP contribution in [0, 0.1) is 5.82 Å². The second-order valence-electron chi connectivity index (χ2n) is 4.34. The van der Waals surface area contributed by atoms with Crippen LogP contribution >= 0.6 is 0 Å². The highest BCUT2D eigenvalue weighted by atomic mass is 19.1. The third kappa shape index (κ3) is 1.45. The Morgan fingerprint density at radius 1 is 1.19 bits per heavy atom. The third-order valence-electron chi connectivity index (χ3n) is 3.08. The Morgan fingerprint density at radius 2 is 1.94 bits per heavy atom. The zero-order chi connectivity index (χ0) is 11.2. The number of hydrogen-bond acceptors (Lipinski definition) is 3. The molecular formula is C12H13FO3. The van der Waals surface area contributed by atoms with E-state index in [1.807, 2.05) is 0 Å². The molecule has 3 rings (SSSR count). The molecule has 86 valence electrons. The number of halogens is 1. The van der Waals surface area contributed by atoms with E-state index in [1.165, 1.54) is 0 Å². The van der Waals surface area contributed by atoms with Gasteiger partial charge in [-0.1, -0.05) is 0 Å². The Morgan fingerprint density at radius 3 is 2.69 bits per heavy atom. The van der Waals surface area contributed by atoms with Gasteiger partial charge in [-0.25, -0.2) is 4.39 Å². The van der Waals surface area contributed by atoms with E-state index in [4.69, 9.17) is 9.47 Å². The van der Waals surface area contributed by atoms with Gasteiger partial charge in [0.05, 0.1) is 18.8 Å². The fraction of sp³-hybridized carbons (Fsp3) is 0.500. The molecule has 0 radical (unpaired) electrons. The Kier molecular flexibility index (Phi) is 2.07. The van der Waals surface area contributed by atoms with Crippen molar-refractivity contribution in [1.82, 2.24) is 0 Å². The highest BCUT2D eigenvalue weighted by molar-refractivity contribution is 5.47. The SMILES string of the molecule is OC1(c2ccc3c(c2F)OCCCO3)CC1. The lowest BCUT2D eigenvalue weighted by Gasteiger charge is -2.14. The molecule has 1 aromatic rings. The standard InChI is InChI=1S/C12H13FO3/c13-10-8(12(14)4-5-12)2-3-9-11(10)16-7-1-6-15-9/h2-3,14H,1,4-7H2. The van der Waals surface area contributed by atoms with Gasteiger partial charge in [-0.3, -0.25) is 0 Å². The number of ether oxygens (including phenoxy) is 2. The highest BCUT2D eigenvalue weighted by Crippen LogP contribution is 2.49. The Labute approximate surface area is 92.8 Å². The van der Waals surface area contributed by atoms with Crippen LogP contribution in [0.25, 0.3) is 0 Å². The average molecular weight is 224 g/mol. The summed E-state index contributed by atoms with van der Waals surface area (Å²) in [5.74, 6) is 0.109. The molecule has 0 aromatic heterocycles. The van der Waals surface area contributed by atoms with Crippen molar-refractivity contribution < 1.29 is 19.0 Å². The van der Waals surface area contributed by atoms with Crippen LogP contribution < -0.4 is 9.47 Å². The summed E-state index contributed by atoms with van der Waals surface area (Å²) in [6, 6.07) is 3.27. The molecule has 0 amide bonds. The van der Waals surface area contributed by atoms with Gasteiger partial charge in [0.15, 0.2) is 17.3 Å². The molecular weight excluding hydrogens is 211 g/mol. The Balaban J connectivity index is 2.07. The normalized spacial score (nSPS) is 21.4. The van der Waals surface area contributed by atoms with Gasteiger partial charge in [-0.15, -0.1) is 0 Å². The van der Waals surface area contributed by atoms with Crippen LogP contribution in [0.3, 0.4) is 0 Å². The Bertz CT molecular complexity index is 427. The second-order valence-corrected chi connectivity index (χ2v) is 4.34. The van der Waals surface area contributed by atoms with E-state index >= 15 is 0 Å². The van der Waals surface area contributed by atoms with E-state index in [2.05, 4.69) is 0 Å². The van der Waals surface area contributed by atoms with Gasteiger partial charge in [0, 0.05) is 12.0 Å². The third-order valence-corrected chi connectivity index (χ3v) is 3.08. The molecule has 0 unspecified atom stereocenters. The molecule has 16 heavy (non-hydrogen) atoms. The fourth-order valence-corrected chi connectivity index (χ4v) is 1.95. The van der Waals surface area contributed by atoms with Gasteiger partial charge in [-0.05, 0) is 25.0 Å². The van der Waals surface area contributed by atoms with Crippen molar-refractivity contribution in [2.75, 3.05) is 13.2 Å². The topological polar surface area (TPSA) is 38.7 Å². The molecule has 1 aromatic carbocycles. The maximum atomic E-state index is 14.1. The molecule has 0 saturated heterocycles. The van der Waals surface area contributed by atoms with Gasteiger partial charge in [0.1, 0.15) is 0 Å². The number of hydrogen-bond donors (Lipinski definition) is 1. The molecule has 1 saturated carbocycles. The lowest BCUT2D eigenvalue weighted by molar-refractivity contribution is 0.145.